The first-order valence-corrected chi connectivity index (χ1v) is 12.5. The van der Waals surface area contributed by atoms with Crippen LogP contribution in [0, 0.1) is 0 Å². The summed E-state index contributed by atoms with van der Waals surface area (Å²) in [6.07, 6.45) is 2.11. The van der Waals surface area contributed by atoms with E-state index in [1.54, 1.807) is 18.2 Å². The first-order chi connectivity index (χ1) is 18.0. The van der Waals surface area contributed by atoms with Gasteiger partial charge in [-0.2, -0.15) is 4.99 Å². The zero-order valence-corrected chi connectivity index (χ0v) is 21.7. The van der Waals surface area contributed by atoms with Crippen LogP contribution < -0.4 is 26.8 Å². The van der Waals surface area contributed by atoms with E-state index < -0.39 is 18.5 Å². The van der Waals surface area contributed by atoms with Crippen LogP contribution in [0.1, 0.15) is 35.3 Å². The predicted octanol–water partition coefficient (Wildman–Crippen LogP) is 1.09. The van der Waals surface area contributed by atoms with Crippen LogP contribution in [-0.2, 0) is 16.0 Å². The van der Waals surface area contributed by atoms with Crippen LogP contribution in [0.3, 0.4) is 0 Å². The summed E-state index contributed by atoms with van der Waals surface area (Å²) in [5.41, 5.74) is 11.6. The summed E-state index contributed by atoms with van der Waals surface area (Å²) in [4.78, 5) is 49.5. The lowest BCUT2D eigenvalue weighted by Gasteiger charge is -2.38. The molecule has 2 amide bonds. The standard InChI is InChI=1S/C23H26Cl2N8O5/c24-13-9-12(1-3-14(13)38-10-16(35)36)2-4-15(34)33-7-5-23(6-8-33)11-28-22(32-23)31-21(37)17-19(26)30-20(27)18(25)29-17/h1,3,9H,2,4-8,10-11H2,(H,35,36)(H4,26,27,30)(H2,28,31,32,37). The van der Waals surface area contributed by atoms with Crippen LogP contribution >= 0.6 is 23.2 Å². The van der Waals surface area contributed by atoms with E-state index in [1.165, 1.54) is 0 Å². The number of likely N-dealkylation sites (tertiary alicyclic amines) is 1. The number of anilines is 2. The molecule has 3 heterocycles. The number of carbonyl (C=O) groups excluding carboxylic acids is 2. The average molecular weight is 565 g/mol. The summed E-state index contributed by atoms with van der Waals surface area (Å²) in [5, 5.41) is 15.2. The second kappa shape index (κ2) is 11.3. The van der Waals surface area contributed by atoms with Gasteiger partial charge in [-0.1, -0.05) is 29.3 Å². The Hall–Kier alpha value is -3.84. The van der Waals surface area contributed by atoms with E-state index >= 15 is 0 Å². The molecule has 13 nitrogen and oxygen atoms in total. The Morgan fingerprint density at radius 2 is 1.89 bits per heavy atom. The van der Waals surface area contributed by atoms with Gasteiger partial charge in [0, 0.05) is 26.1 Å². The Balaban J connectivity index is 1.27. The van der Waals surface area contributed by atoms with Crippen LogP contribution in [-0.4, -0.2) is 75.5 Å². The summed E-state index contributed by atoms with van der Waals surface area (Å²) in [5.74, 6) is -1.45. The van der Waals surface area contributed by atoms with E-state index in [1.807, 2.05) is 4.90 Å². The summed E-state index contributed by atoms with van der Waals surface area (Å²) < 4.78 is 5.12. The molecule has 202 valence electrons. The second-order valence-corrected chi connectivity index (χ2v) is 9.75. The molecule has 0 aliphatic carbocycles. The molecule has 38 heavy (non-hydrogen) atoms. The Morgan fingerprint density at radius 3 is 2.58 bits per heavy atom. The minimum absolute atomic E-state index is 0.0199. The zero-order chi connectivity index (χ0) is 27.4. The number of nitrogens with zero attached hydrogens (tertiary/aromatic N) is 4. The monoisotopic (exact) mass is 564 g/mol. The number of hydrogen-bond donors (Lipinski definition) is 5. The molecule has 2 aliphatic rings. The number of aliphatic carboxylic acids is 1. The molecule has 2 fully saturated rings. The Bertz CT molecular complexity index is 1300. The average Bonchev–Trinajstić information content (AvgIpc) is 3.25. The van der Waals surface area contributed by atoms with Crippen molar-refractivity contribution in [1.82, 2.24) is 25.5 Å². The topological polar surface area (TPSA) is 198 Å². The molecule has 0 unspecified atom stereocenters. The number of benzene rings is 1. The molecule has 0 saturated carbocycles. The van der Waals surface area contributed by atoms with Gasteiger partial charge in [0.25, 0.3) is 0 Å². The molecule has 0 bridgehead atoms. The Labute approximate surface area is 227 Å². The van der Waals surface area contributed by atoms with Crippen LogP contribution in [0.15, 0.2) is 23.2 Å². The molecular weight excluding hydrogens is 539 g/mol. The molecule has 2 saturated heterocycles. The van der Waals surface area contributed by atoms with Crippen LogP contribution in [0.5, 0.6) is 5.75 Å². The minimum atomic E-state index is -1.09. The number of carbonyl (C=O) groups is 3. The van der Waals surface area contributed by atoms with Crippen LogP contribution in [0.2, 0.25) is 10.2 Å². The lowest BCUT2D eigenvalue weighted by atomic mass is 9.88. The van der Waals surface area contributed by atoms with Crippen LogP contribution in [0.25, 0.3) is 0 Å². The smallest absolute Gasteiger partial charge is 0.341 e. The van der Waals surface area contributed by atoms with Crippen molar-refractivity contribution in [3.05, 3.63) is 39.6 Å². The van der Waals surface area contributed by atoms with Gasteiger partial charge in [-0.25, -0.2) is 14.8 Å². The molecule has 2 aromatic rings. The third-order valence-corrected chi connectivity index (χ3v) is 6.92. The van der Waals surface area contributed by atoms with Crippen molar-refractivity contribution < 1.29 is 24.2 Å². The molecule has 1 aromatic carbocycles. The van der Waals surface area contributed by atoms with Crippen molar-refractivity contribution in [2.75, 3.05) is 37.7 Å². The molecular formula is C23H26Cl2N8O5. The maximum atomic E-state index is 12.8. The number of carboxylic acid groups (broad SMARTS) is 1. The van der Waals surface area contributed by atoms with E-state index in [0.717, 1.165) is 5.56 Å². The SMILES string of the molecule is Nc1nc(N)c(C(=O)/N=C2\NCC3(CCN(C(=O)CCc4ccc(OCC(=O)O)c(Cl)c4)CC3)N2)nc1Cl. The molecule has 1 aromatic heterocycles. The highest BCUT2D eigenvalue weighted by Crippen LogP contribution is 2.28. The minimum Gasteiger partial charge on any atom is -0.480 e. The van der Waals surface area contributed by atoms with Gasteiger partial charge in [-0.15, -0.1) is 0 Å². The fourth-order valence-corrected chi connectivity index (χ4v) is 4.65. The number of amides is 2. The fourth-order valence-electron chi connectivity index (χ4n) is 4.27. The zero-order valence-electron chi connectivity index (χ0n) is 20.2. The lowest BCUT2D eigenvalue weighted by molar-refractivity contribution is -0.139. The number of aliphatic imine (C=N–C) groups is 1. The molecule has 0 atom stereocenters. The maximum Gasteiger partial charge on any atom is 0.341 e. The van der Waals surface area contributed by atoms with Crippen molar-refractivity contribution in [3.63, 3.8) is 0 Å². The summed E-state index contributed by atoms with van der Waals surface area (Å²) in [6, 6.07) is 5.03. The number of aryl methyl sites for hydroxylation is 1. The third kappa shape index (κ3) is 6.34. The van der Waals surface area contributed by atoms with Gasteiger partial charge >= 0.3 is 11.9 Å². The van der Waals surface area contributed by atoms with E-state index in [0.29, 0.717) is 50.3 Å². The predicted molar refractivity (Wildman–Crippen MR) is 140 cm³/mol. The van der Waals surface area contributed by atoms with E-state index in [2.05, 4.69) is 25.6 Å². The highest BCUT2D eigenvalue weighted by Gasteiger charge is 2.40. The van der Waals surface area contributed by atoms with Crippen molar-refractivity contribution in [2.45, 2.75) is 31.2 Å². The number of aromatic nitrogens is 2. The van der Waals surface area contributed by atoms with Gasteiger partial charge in [-0.3, -0.25) is 9.59 Å². The summed E-state index contributed by atoms with van der Waals surface area (Å²) >= 11 is 12.0. The van der Waals surface area contributed by atoms with E-state index in [-0.39, 0.29) is 45.6 Å². The maximum absolute atomic E-state index is 12.8. The number of nitrogens with two attached hydrogens (primary N) is 2. The van der Waals surface area contributed by atoms with Crippen molar-refractivity contribution in [2.24, 2.45) is 4.99 Å². The van der Waals surface area contributed by atoms with Gasteiger partial charge in [0.15, 0.2) is 35.0 Å². The molecule has 7 N–H and O–H groups in total. The largest absolute Gasteiger partial charge is 0.480 e. The number of carboxylic acids is 1. The molecule has 15 heteroatoms. The second-order valence-electron chi connectivity index (χ2n) is 8.99. The van der Waals surface area contributed by atoms with Gasteiger partial charge < -0.3 is 36.8 Å². The normalized spacial score (nSPS) is 17.2. The number of hydrogen-bond acceptors (Lipinski definition) is 8. The van der Waals surface area contributed by atoms with Gasteiger partial charge in [0.1, 0.15) is 5.75 Å². The molecule has 4 rings (SSSR count). The molecule has 2 aliphatic heterocycles. The van der Waals surface area contributed by atoms with E-state index in [4.69, 9.17) is 44.5 Å². The van der Waals surface area contributed by atoms with E-state index in [9.17, 15) is 14.4 Å². The number of guanidine groups is 1. The fraction of sp³-hybridized carbons (Fsp3) is 0.391. The highest BCUT2D eigenvalue weighted by atomic mass is 35.5. The molecule has 1 spiro atoms. The van der Waals surface area contributed by atoms with Gasteiger partial charge in [0.05, 0.1) is 10.6 Å². The third-order valence-electron chi connectivity index (χ3n) is 6.35. The highest BCUT2D eigenvalue weighted by molar-refractivity contribution is 6.32. The van der Waals surface area contributed by atoms with Crippen molar-refractivity contribution in [1.29, 1.82) is 0 Å². The first kappa shape index (κ1) is 27.2. The van der Waals surface area contributed by atoms with Gasteiger partial charge in [0.2, 0.25) is 5.91 Å². The number of nitrogen functional groups attached to an aromatic ring is 2. The first-order valence-electron chi connectivity index (χ1n) is 11.7. The van der Waals surface area contributed by atoms with Crippen molar-refractivity contribution in [3.8, 4) is 5.75 Å². The number of piperidine rings is 1. The number of ether oxygens (including phenoxy) is 1. The number of nitrogens with one attached hydrogen (secondary N) is 2. The van der Waals surface area contributed by atoms with Crippen molar-refractivity contribution >= 4 is 58.6 Å². The van der Waals surface area contributed by atoms with Crippen LogP contribution in [0.4, 0.5) is 11.6 Å². The molecule has 0 radical (unpaired) electrons. The lowest BCUT2D eigenvalue weighted by Crippen LogP contribution is -2.53. The Kier molecular flexibility index (Phi) is 8.07. The number of halogens is 2. The Morgan fingerprint density at radius 1 is 1.16 bits per heavy atom. The summed E-state index contributed by atoms with van der Waals surface area (Å²) in [6.45, 7) is 1.15. The quantitative estimate of drug-likeness (QED) is 0.322. The van der Waals surface area contributed by atoms with Gasteiger partial charge in [-0.05, 0) is 37.0 Å². The summed E-state index contributed by atoms with van der Waals surface area (Å²) in [7, 11) is 0. The number of rotatable bonds is 7.